The molecule has 1 fully saturated rings. The van der Waals surface area contributed by atoms with E-state index in [2.05, 4.69) is 20.1 Å². The van der Waals surface area contributed by atoms with Crippen LogP contribution in [0.2, 0.25) is 0 Å². The Bertz CT molecular complexity index is 1110. The van der Waals surface area contributed by atoms with E-state index in [1.165, 1.54) is 11.3 Å². The molecule has 0 saturated carbocycles. The zero-order valence-corrected chi connectivity index (χ0v) is 18.3. The van der Waals surface area contributed by atoms with Gasteiger partial charge in [0.2, 0.25) is 0 Å². The van der Waals surface area contributed by atoms with Gasteiger partial charge in [-0.2, -0.15) is 10.2 Å². The van der Waals surface area contributed by atoms with Crippen molar-refractivity contribution in [2.75, 3.05) is 24.5 Å². The second kappa shape index (κ2) is 8.90. The summed E-state index contributed by atoms with van der Waals surface area (Å²) in [5.74, 6) is -0.487. The highest BCUT2D eigenvalue weighted by molar-refractivity contribution is 7.15. The molecule has 32 heavy (non-hydrogen) atoms. The second-order valence-electron chi connectivity index (χ2n) is 8.12. The van der Waals surface area contributed by atoms with Crippen LogP contribution in [0, 0.1) is 0 Å². The molecule has 4 heterocycles. The minimum absolute atomic E-state index is 0.154. The van der Waals surface area contributed by atoms with Crippen molar-refractivity contribution in [3.8, 4) is 0 Å². The number of nitrogens with zero attached hydrogens (tertiary/aromatic N) is 5. The van der Waals surface area contributed by atoms with Gasteiger partial charge in [-0.15, -0.1) is 11.3 Å². The molecule has 2 aromatic rings. The average Bonchev–Trinajstić information content (AvgIpc) is 3.44. The second-order valence-corrected chi connectivity index (χ2v) is 9.12. The number of likely N-dealkylation sites (tertiary alicyclic amines) is 1. The van der Waals surface area contributed by atoms with E-state index in [0.717, 1.165) is 18.5 Å². The lowest BCUT2D eigenvalue weighted by Gasteiger charge is -2.25. The van der Waals surface area contributed by atoms with Crippen molar-refractivity contribution in [1.82, 2.24) is 20.1 Å². The molecule has 6 nitrogen and oxygen atoms in total. The van der Waals surface area contributed by atoms with Gasteiger partial charge in [-0.05, 0) is 50.0 Å². The van der Waals surface area contributed by atoms with Gasteiger partial charge in [0.15, 0.2) is 0 Å². The van der Waals surface area contributed by atoms with E-state index in [-0.39, 0.29) is 11.7 Å². The van der Waals surface area contributed by atoms with Crippen LogP contribution in [-0.4, -0.2) is 51.8 Å². The summed E-state index contributed by atoms with van der Waals surface area (Å²) in [6, 6.07) is 1.74. The first kappa shape index (κ1) is 20.9. The van der Waals surface area contributed by atoms with Crippen molar-refractivity contribution in [3.05, 3.63) is 63.8 Å². The number of amides is 1. The number of carbonyl (C=O) groups excluding carboxylic acids is 1. The number of hydrogen-bond acceptors (Lipinski definition) is 6. The Hall–Kier alpha value is -2.94. The normalized spacial score (nSPS) is 26.8. The number of hydrogen-bond donors (Lipinski definition) is 0. The third-order valence-corrected chi connectivity index (χ3v) is 7.14. The maximum absolute atomic E-state index is 15.1. The van der Waals surface area contributed by atoms with Gasteiger partial charge in [0.25, 0.3) is 5.91 Å². The molecule has 1 saturated heterocycles. The molecule has 0 spiro atoms. The Morgan fingerprint density at radius 2 is 2.06 bits per heavy atom. The first-order chi connectivity index (χ1) is 15.6. The zero-order valence-electron chi connectivity index (χ0n) is 17.5. The summed E-state index contributed by atoms with van der Waals surface area (Å²) in [4.78, 5) is 22.0. The fourth-order valence-electron chi connectivity index (χ4n) is 4.31. The van der Waals surface area contributed by atoms with Gasteiger partial charge in [0, 0.05) is 37.3 Å². The van der Waals surface area contributed by atoms with Crippen molar-refractivity contribution in [1.29, 1.82) is 0 Å². The number of anilines is 1. The van der Waals surface area contributed by atoms with Crippen LogP contribution in [0.3, 0.4) is 0 Å². The van der Waals surface area contributed by atoms with Gasteiger partial charge in [-0.25, -0.2) is 13.8 Å². The first-order valence-corrected chi connectivity index (χ1v) is 11.7. The largest absolute Gasteiger partial charge is 0.372 e. The first-order valence-electron chi connectivity index (χ1n) is 10.8. The van der Waals surface area contributed by atoms with Gasteiger partial charge >= 0.3 is 0 Å². The molecule has 0 bridgehead atoms. The molecule has 0 radical (unpaired) electrons. The molecule has 2 aliphatic heterocycles. The minimum Gasteiger partial charge on any atom is -0.372 e. The Labute approximate surface area is 189 Å². The summed E-state index contributed by atoms with van der Waals surface area (Å²) in [5, 5.41) is 8.11. The molecule has 3 aliphatic rings. The summed E-state index contributed by atoms with van der Waals surface area (Å²) in [6.07, 6.45) is 10.8. The van der Waals surface area contributed by atoms with Crippen LogP contribution in [0.4, 0.5) is 14.5 Å². The standard InChI is InChI=1S/C23H23F2N5OS/c24-15-8-11-29(14-15)16-3-1-2-4-19(25)18(6-5-16)22-28-20-9-12-30(23(31)21(20)32-22)17-7-10-26-27-13-17/h4-7,10,13,15H,1-3,8-9,11-12,14H2/b16-5+,18-6+,19-4+. The molecule has 1 unspecified atom stereocenters. The topological polar surface area (TPSA) is 62.2 Å². The maximum atomic E-state index is 15.1. The number of allylic oxidation sites excluding steroid dienone is 6. The highest BCUT2D eigenvalue weighted by atomic mass is 32.1. The molecule has 1 aliphatic carbocycles. The quantitative estimate of drug-likeness (QED) is 0.683. The van der Waals surface area contributed by atoms with Crippen LogP contribution < -0.4 is 4.90 Å². The summed E-state index contributed by atoms with van der Waals surface area (Å²) in [6.45, 7) is 1.57. The lowest BCUT2D eigenvalue weighted by atomic mass is 10.1. The van der Waals surface area contributed by atoms with E-state index >= 15 is 4.39 Å². The smallest absolute Gasteiger partial charge is 0.270 e. The summed E-state index contributed by atoms with van der Waals surface area (Å²) in [5.41, 5.74) is 2.79. The molecule has 166 valence electrons. The number of thiazole rings is 1. The Morgan fingerprint density at radius 1 is 1.16 bits per heavy atom. The Balaban J connectivity index is 1.47. The van der Waals surface area contributed by atoms with Gasteiger partial charge in [0.1, 0.15) is 21.9 Å². The summed E-state index contributed by atoms with van der Waals surface area (Å²) in [7, 11) is 0. The summed E-state index contributed by atoms with van der Waals surface area (Å²) >= 11 is 1.22. The van der Waals surface area contributed by atoms with E-state index in [0.29, 0.717) is 65.7 Å². The van der Waals surface area contributed by atoms with Gasteiger partial charge in [-0.1, -0.05) is 0 Å². The van der Waals surface area contributed by atoms with Crippen molar-refractivity contribution in [3.63, 3.8) is 0 Å². The van der Waals surface area contributed by atoms with Crippen LogP contribution in [0.1, 0.15) is 46.1 Å². The molecule has 1 amide bonds. The fourth-order valence-corrected chi connectivity index (χ4v) is 5.40. The van der Waals surface area contributed by atoms with E-state index in [9.17, 15) is 9.18 Å². The monoisotopic (exact) mass is 455 g/mol. The molecular weight excluding hydrogens is 432 g/mol. The lowest BCUT2D eigenvalue weighted by Crippen LogP contribution is -2.37. The van der Waals surface area contributed by atoms with Crippen molar-refractivity contribution >= 4 is 28.5 Å². The van der Waals surface area contributed by atoms with Crippen LogP contribution in [0.15, 0.2) is 48.2 Å². The Kier molecular flexibility index (Phi) is 5.82. The predicted octanol–water partition coefficient (Wildman–Crippen LogP) is 4.48. The fraction of sp³-hybridized carbons (Fsp3) is 0.391. The zero-order chi connectivity index (χ0) is 22.1. The van der Waals surface area contributed by atoms with Crippen LogP contribution >= 0.6 is 11.3 Å². The number of alkyl halides is 1. The predicted molar refractivity (Wildman–Crippen MR) is 120 cm³/mol. The highest BCUT2D eigenvalue weighted by Crippen LogP contribution is 2.35. The summed E-state index contributed by atoms with van der Waals surface area (Å²) < 4.78 is 28.8. The molecule has 0 aromatic carbocycles. The molecule has 1 atom stereocenters. The molecule has 5 rings (SSSR count). The third-order valence-electron chi connectivity index (χ3n) is 6.02. The van der Waals surface area contributed by atoms with Gasteiger partial charge < -0.3 is 9.80 Å². The number of aromatic nitrogens is 3. The number of halogens is 2. The third kappa shape index (κ3) is 4.09. The average molecular weight is 456 g/mol. The number of fused-ring (bicyclic) bond motifs is 1. The molecule has 2 aromatic heterocycles. The van der Waals surface area contributed by atoms with Crippen molar-refractivity contribution < 1.29 is 13.6 Å². The molecular formula is C23H23F2N5OS. The lowest BCUT2D eigenvalue weighted by molar-refractivity contribution is 0.0984. The maximum Gasteiger partial charge on any atom is 0.270 e. The van der Waals surface area contributed by atoms with Crippen LogP contribution in [-0.2, 0) is 6.42 Å². The van der Waals surface area contributed by atoms with Crippen molar-refractivity contribution in [2.24, 2.45) is 0 Å². The minimum atomic E-state index is -0.808. The SMILES string of the molecule is O=C1c2sc(C3=C/C=C(/N4CCC(F)C4)CCC/C=C\3F)nc2CCN1c1ccnnc1. The van der Waals surface area contributed by atoms with Crippen molar-refractivity contribution in [2.45, 2.75) is 38.3 Å². The molecule has 9 heteroatoms. The van der Waals surface area contributed by atoms with E-state index in [1.807, 2.05) is 6.08 Å². The molecule has 0 N–H and O–H groups in total. The van der Waals surface area contributed by atoms with E-state index in [4.69, 9.17) is 0 Å². The highest BCUT2D eigenvalue weighted by Gasteiger charge is 2.31. The number of carbonyl (C=O) groups is 1. The van der Waals surface area contributed by atoms with Crippen LogP contribution in [0.25, 0.3) is 5.57 Å². The Morgan fingerprint density at radius 3 is 2.84 bits per heavy atom. The van der Waals surface area contributed by atoms with Gasteiger partial charge in [0.05, 0.1) is 23.8 Å². The van der Waals surface area contributed by atoms with E-state index in [1.54, 1.807) is 35.5 Å². The van der Waals surface area contributed by atoms with Gasteiger partial charge in [-0.3, -0.25) is 4.79 Å². The van der Waals surface area contributed by atoms with E-state index < -0.39 is 6.17 Å². The van der Waals surface area contributed by atoms with Crippen LogP contribution in [0.5, 0.6) is 0 Å². The number of rotatable bonds is 3.